The number of hydrogen-bond donors (Lipinski definition) is 0. The lowest BCUT2D eigenvalue weighted by Crippen LogP contribution is -2.35. The Morgan fingerprint density at radius 2 is 2.00 bits per heavy atom. The Kier molecular flexibility index (Phi) is 3.99. The van der Waals surface area contributed by atoms with E-state index in [1.807, 2.05) is 42.5 Å². The standard InChI is InChI=1S/C19H14N2O3S3/c22-27(23,19-10-14-3-1-2-4-17(14)26-19)21-7-8-25-18-6-5-13(9-15(18)21)16-11-20-12-24-16/h1-6,9-12H,7-8H2. The molecule has 0 bridgehead atoms. The van der Waals surface area contributed by atoms with Crippen LogP contribution in [0.2, 0.25) is 0 Å². The first-order valence-corrected chi connectivity index (χ1v) is 11.5. The van der Waals surface area contributed by atoms with Crippen molar-refractivity contribution in [1.29, 1.82) is 0 Å². The molecule has 27 heavy (non-hydrogen) atoms. The number of rotatable bonds is 3. The highest BCUT2D eigenvalue weighted by molar-refractivity contribution is 8.00. The van der Waals surface area contributed by atoms with E-state index in [9.17, 15) is 8.42 Å². The predicted molar refractivity (Wildman–Crippen MR) is 109 cm³/mol. The summed E-state index contributed by atoms with van der Waals surface area (Å²) in [5.41, 5.74) is 1.50. The van der Waals surface area contributed by atoms with E-state index >= 15 is 0 Å². The topological polar surface area (TPSA) is 63.4 Å². The largest absolute Gasteiger partial charge is 0.444 e. The Bertz CT molecular complexity index is 1200. The third-order valence-corrected chi connectivity index (χ3v) is 8.87. The van der Waals surface area contributed by atoms with Crippen LogP contribution in [0.25, 0.3) is 21.4 Å². The van der Waals surface area contributed by atoms with Gasteiger partial charge in [0.15, 0.2) is 12.2 Å². The second kappa shape index (κ2) is 6.40. The Labute approximate surface area is 164 Å². The molecule has 0 aliphatic carbocycles. The molecule has 0 atom stereocenters. The van der Waals surface area contributed by atoms with E-state index in [-0.39, 0.29) is 0 Å². The van der Waals surface area contributed by atoms with Crippen LogP contribution in [0, 0.1) is 0 Å². The number of benzene rings is 2. The fourth-order valence-corrected chi connectivity index (χ4v) is 7.29. The second-order valence-electron chi connectivity index (χ2n) is 6.08. The molecule has 3 heterocycles. The maximum absolute atomic E-state index is 13.4. The number of sulfonamides is 1. The molecule has 0 saturated heterocycles. The number of anilines is 1. The zero-order valence-electron chi connectivity index (χ0n) is 14.0. The third kappa shape index (κ3) is 2.84. The summed E-state index contributed by atoms with van der Waals surface area (Å²) in [6.07, 6.45) is 3.00. The SMILES string of the molecule is O=S(=O)(c1cc2ccccc2s1)N1CCSc2ccc(-c3cnco3)cc21. The highest BCUT2D eigenvalue weighted by atomic mass is 32.2. The van der Waals surface area contributed by atoms with Gasteiger partial charge in [0.2, 0.25) is 0 Å². The number of nitrogens with zero attached hydrogens (tertiary/aromatic N) is 2. The highest BCUT2D eigenvalue weighted by Crippen LogP contribution is 2.41. The molecule has 8 heteroatoms. The molecule has 0 saturated carbocycles. The van der Waals surface area contributed by atoms with Gasteiger partial charge in [-0.25, -0.2) is 13.4 Å². The van der Waals surface area contributed by atoms with E-state index in [0.29, 0.717) is 22.2 Å². The minimum atomic E-state index is -3.63. The van der Waals surface area contributed by atoms with Crippen molar-refractivity contribution in [3.05, 3.63) is 61.1 Å². The van der Waals surface area contributed by atoms with Gasteiger partial charge in [0.25, 0.3) is 10.0 Å². The lowest BCUT2D eigenvalue weighted by atomic mass is 10.1. The van der Waals surface area contributed by atoms with E-state index in [0.717, 1.165) is 26.3 Å². The Balaban J connectivity index is 1.62. The van der Waals surface area contributed by atoms with E-state index < -0.39 is 10.0 Å². The molecular formula is C19H14N2O3S3. The normalized spacial score (nSPS) is 14.4. The molecule has 0 N–H and O–H groups in total. The molecule has 4 aromatic rings. The smallest absolute Gasteiger partial charge is 0.273 e. The van der Waals surface area contributed by atoms with Crippen LogP contribution in [-0.4, -0.2) is 25.7 Å². The van der Waals surface area contributed by atoms with Crippen LogP contribution in [0.3, 0.4) is 0 Å². The predicted octanol–water partition coefficient (Wildman–Crippen LogP) is 4.86. The monoisotopic (exact) mass is 414 g/mol. The Hall–Kier alpha value is -2.29. The number of aromatic nitrogens is 1. The average molecular weight is 415 g/mol. The first kappa shape index (κ1) is 16.9. The van der Waals surface area contributed by atoms with Gasteiger partial charge >= 0.3 is 0 Å². The van der Waals surface area contributed by atoms with Crippen molar-refractivity contribution in [2.24, 2.45) is 0 Å². The number of hydrogen-bond acceptors (Lipinski definition) is 6. The van der Waals surface area contributed by atoms with Crippen molar-refractivity contribution in [1.82, 2.24) is 4.98 Å². The van der Waals surface area contributed by atoms with Crippen LogP contribution in [0.5, 0.6) is 0 Å². The Morgan fingerprint density at radius 1 is 1.11 bits per heavy atom. The minimum Gasteiger partial charge on any atom is -0.444 e. The molecule has 1 aliphatic heterocycles. The Morgan fingerprint density at radius 3 is 2.81 bits per heavy atom. The molecule has 5 rings (SSSR count). The van der Waals surface area contributed by atoms with Crippen molar-refractivity contribution >= 4 is 48.9 Å². The summed E-state index contributed by atoms with van der Waals surface area (Å²) in [5, 5.41) is 0.947. The lowest BCUT2D eigenvalue weighted by Gasteiger charge is -2.29. The van der Waals surface area contributed by atoms with Gasteiger partial charge in [-0.15, -0.1) is 23.1 Å². The number of fused-ring (bicyclic) bond motifs is 2. The zero-order valence-corrected chi connectivity index (χ0v) is 16.5. The van der Waals surface area contributed by atoms with Gasteiger partial charge in [-0.05, 0) is 35.7 Å². The quantitative estimate of drug-likeness (QED) is 0.479. The van der Waals surface area contributed by atoms with E-state index in [2.05, 4.69) is 4.98 Å². The maximum Gasteiger partial charge on any atom is 0.273 e. The number of thiophene rings is 1. The van der Waals surface area contributed by atoms with E-state index in [1.165, 1.54) is 22.0 Å². The van der Waals surface area contributed by atoms with Gasteiger partial charge in [0.05, 0.1) is 11.9 Å². The van der Waals surface area contributed by atoms with Crippen LogP contribution in [0.15, 0.2) is 74.6 Å². The number of oxazole rings is 1. The molecule has 5 nitrogen and oxygen atoms in total. The van der Waals surface area contributed by atoms with Crippen molar-refractivity contribution in [2.45, 2.75) is 9.10 Å². The van der Waals surface area contributed by atoms with E-state index in [4.69, 9.17) is 4.42 Å². The molecule has 0 radical (unpaired) electrons. The van der Waals surface area contributed by atoms with Crippen LogP contribution in [-0.2, 0) is 10.0 Å². The summed E-state index contributed by atoms with van der Waals surface area (Å²) in [6.45, 7) is 0.439. The van der Waals surface area contributed by atoms with Crippen LogP contribution < -0.4 is 4.31 Å². The van der Waals surface area contributed by atoms with Crippen molar-refractivity contribution < 1.29 is 12.8 Å². The summed E-state index contributed by atoms with van der Waals surface area (Å²) < 4.78 is 35.0. The fourth-order valence-electron chi connectivity index (χ4n) is 3.15. The molecule has 0 spiro atoms. The summed E-state index contributed by atoms with van der Waals surface area (Å²) in [5.74, 6) is 1.34. The summed E-state index contributed by atoms with van der Waals surface area (Å²) in [7, 11) is -3.63. The van der Waals surface area contributed by atoms with E-state index in [1.54, 1.807) is 24.0 Å². The molecule has 1 aliphatic rings. The fraction of sp³-hybridized carbons (Fsp3) is 0.105. The van der Waals surface area contributed by atoms with Crippen LogP contribution >= 0.6 is 23.1 Å². The van der Waals surface area contributed by atoms with Gasteiger partial charge < -0.3 is 4.42 Å². The average Bonchev–Trinajstić information content (AvgIpc) is 3.37. The highest BCUT2D eigenvalue weighted by Gasteiger charge is 2.31. The van der Waals surface area contributed by atoms with Crippen molar-refractivity contribution in [3.8, 4) is 11.3 Å². The van der Waals surface area contributed by atoms with Crippen LogP contribution in [0.1, 0.15) is 0 Å². The zero-order chi connectivity index (χ0) is 18.4. The van der Waals surface area contributed by atoms with Crippen molar-refractivity contribution in [2.75, 3.05) is 16.6 Å². The molecule has 2 aromatic carbocycles. The molecule has 0 fully saturated rings. The molecule has 136 valence electrons. The minimum absolute atomic E-state index is 0.367. The maximum atomic E-state index is 13.4. The first-order valence-electron chi connectivity index (χ1n) is 8.30. The summed E-state index contributed by atoms with van der Waals surface area (Å²) >= 11 is 2.98. The molecule has 0 amide bonds. The number of thioether (sulfide) groups is 1. The molecular weight excluding hydrogens is 400 g/mol. The molecule has 0 unspecified atom stereocenters. The molecule has 2 aromatic heterocycles. The van der Waals surface area contributed by atoms with Crippen LogP contribution in [0.4, 0.5) is 5.69 Å². The summed E-state index contributed by atoms with van der Waals surface area (Å²) in [4.78, 5) is 4.90. The second-order valence-corrected chi connectivity index (χ2v) is 10.4. The van der Waals surface area contributed by atoms with Crippen molar-refractivity contribution in [3.63, 3.8) is 0 Å². The van der Waals surface area contributed by atoms with Gasteiger partial charge in [0.1, 0.15) is 4.21 Å². The third-order valence-electron chi connectivity index (χ3n) is 4.44. The first-order chi connectivity index (χ1) is 13.1. The van der Waals surface area contributed by atoms with Gasteiger partial charge in [-0.3, -0.25) is 4.31 Å². The van der Waals surface area contributed by atoms with Gasteiger partial charge in [0, 0.05) is 27.5 Å². The lowest BCUT2D eigenvalue weighted by molar-refractivity contribution is 0.572. The summed E-state index contributed by atoms with van der Waals surface area (Å²) in [6, 6.07) is 15.2. The van der Waals surface area contributed by atoms with Gasteiger partial charge in [-0.2, -0.15) is 0 Å². The van der Waals surface area contributed by atoms with Gasteiger partial charge in [-0.1, -0.05) is 18.2 Å².